The van der Waals surface area contributed by atoms with Crippen molar-refractivity contribution < 1.29 is 9.59 Å². The fraction of sp³-hybridized carbons (Fsp3) is 0.579. The van der Waals surface area contributed by atoms with Crippen LogP contribution in [0.1, 0.15) is 44.2 Å². The molecule has 2 rings (SSSR count). The summed E-state index contributed by atoms with van der Waals surface area (Å²) in [5.74, 6) is -0.0601. The molecule has 2 amide bonds. The van der Waals surface area contributed by atoms with E-state index in [0.717, 1.165) is 30.4 Å². The van der Waals surface area contributed by atoms with Gasteiger partial charge in [0, 0.05) is 25.4 Å². The normalized spacial score (nSPS) is 17.2. The van der Waals surface area contributed by atoms with Crippen molar-refractivity contribution in [2.45, 2.75) is 52.1 Å². The number of fused-ring (bicyclic) bond motifs is 1. The Bertz CT molecular complexity index is 580. The molecule has 0 saturated heterocycles. The number of hydrogen-bond donors (Lipinski definition) is 2. The number of rotatable bonds is 7. The Balaban J connectivity index is 0.00000312. The molecule has 0 aliphatic carbocycles. The highest BCUT2D eigenvalue weighted by Crippen LogP contribution is 2.25. The summed E-state index contributed by atoms with van der Waals surface area (Å²) < 4.78 is 0. The summed E-state index contributed by atoms with van der Waals surface area (Å²) in [7, 11) is 0. The maximum Gasteiger partial charge on any atom is 0.243 e. The van der Waals surface area contributed by atoms with Gasteiger partial charge in [0.1, 0.15) is 6.04 Å². The minimum absolute atomic E-state index is 0. The second kappa shape index (κ2) is 10.4. The average molecular weight is 368 g/mol. The van der Waals surface area contributed by atoms with E-state index in [1.165, 1.54) is 0 Å². The molecule has 2 unspecified atom stereocenters. The molecule has 1 aliphatic rings. The zero-order valence-electron chi connectivity index (χ0n) is 15.2. The molecule has 0 saturated carbocycles. The van der Waals surface area contributed by atoms with Gasteiger partial charge in [0.05, 0.1) is 0 Å². The van der Waals surface area contributed by atoms with Gasteiger partial charge in [-0.1, -0.05) is 38.1 Å². The van der Waals surface area contributed by atoms with Crippen LogP contribution in [0.25, 0.3) is 0 Å². The quantitative estimate of drug-likeness (QED) is 0.726. The van der Waals surface area contributed by atoms with E-state index in [4.69, 9.17) is 5.73 Å². The van der Waals surface area contributed by atoms with Crippen LogP contribution in [-0.4, -0.2) is 35.8 Å². The minimum Gasteiger partial charge on any atom is -0.354 e. The first kappa shape index (κ1) is 21.5. The average Bonchev–Trinajstić information content (AvgIpc) is 2.62. The monoisotopic (exact) mass is 367 g/mol. The van der Waals surface area contributed by atoms with Crippen LogP contribution >= 0.6 is 12.4 Å². The molecule has 5 nitrogen and oxygen atoms in total. The summed E-state index contributed by atoms with van der Waals surface area (Å²) in [4.78, 5) is 27.2. The molecule has 3 N–H and O–H groups in total. The zero-order valence-corrected chi connectivity index (χ0v) is 16.0. The standard InChI is InChI=1S/C19H29N3O2.ClH/c1-3-14(2)19(24)22-13-16-9-5-4-8-15(16)12-17(22)18(23)21-11-7-6-10-20;/h4-5,8-9,14,17H,3,6-7,10-13,20H2,1-2H3,(H,21,23);1H. The number of nitrogens with one attached hydrogen (secondary N) is 1. The number of carbonyl (C=O) groups excluding carboxylic acids is 2. The van der Waals surface area contributed by atoms with Gasteiger partial charge in [-0.25, -0.2) is 0 Å². The molecule has 0 fully saturated rings. The van der Waals surface area contributed by atoms with Crippen LogP contribution in [-0.2, 0) is 22.6 Å². The molecule has 1 aromatic carbocycles. The van der Waals surface area contributed by atoms with Crippen LogP contribution in [0, 0.1) is 5.92 Å². The Labute approximate surface area is 156 Å². The Hall–Kier alpha value is -1.59. The summed E-state index contributed by atoms with van der Waals surface area (Å²) >= 11 is 0. The molecular formula is C19H30ClN3O2. The molecule has 0 spiro atoms. The van der Waals surface area contributed by atoms with Crippen LogP contribution < -0.4 is 11.1 Å². The molecule has 2 atom stereocenters. The summed E-state index contributed by atoms with van der Waals surface area (Å²) in [5, 5.41) is 2.97. The molecule has 1 aromatic rings. The lowest BCUT2D eigenvalue weighted by Gasteiger charge is -2.37. The van der Waals surface area contributed by atoms with Crippen molar-refractivity contribution >= 4 is 24.2 Å². The van der Waals surface area contributed by atoms with E-state index in [1.54, 1.807) is 4.90 Å². The number of unbranched alkanes of at least 4 members (excludes halogenated alkanes) is 1. The number of amides is 2. The first-order chi connectivity index (χ1) is 11.6. The summed E-state index contributed by atoms with van der Waals surface area (Å²) in [6.07, 6.45) is 3.12. The predicted molar refractivity (Wildman–Crippen MR) is 102 cm³/mol. The highest BCUT2D eigenvalue weighted by atomic mass is 35.5. The molecule has 25 heavy (non-hydrogen) atoms. The molecular weight excluding hydrogens is 338 g/mol. The Morgan fingerprint density at radius 3 is 2.60 bits per heavy atom. The van der Waals surface area contributed by atoms with Gasteiger partial charge in [-0.15, -0.1) is 12.4 Å². The third kappa shape index (κ3) is 5.44. The van der Waals surface area contributed by atoms with Gasteiger partial charge >= 0.3 is 0 Å². The van der Waals surface area contributed by atoms with E-state index < -0.39 is 6.04 Å². The largest absolute Gasteiger partial charge is 0.354 e. The van der Waals surface area contributed by atoms with Crippen molar-refractivity contribution in [1.29, 1.82) is 0 Å². The van der Waals surface area contributed by atoms with E-state index in [2.05, 4.69) is 11.4 Å². The van der Waals surface area contributed by atoms with Crippen molar-refractivity contribution in [2.75, 3.05) is 13.1 Å². The molecule has 0 aromatic heterocycles. The molecule has 1 aliphatic heterocycles. The summed E-state index contributed by atoms with van der Waals surface area (Å²) in [6.45, 7) is 5.69. The van der Waals surface area contributed by atoms with E-state index in [9.17, 15) is 9.59 Å². The molecule has 1 heterocycles. The fourth-order valence-corrected chi connectivity index (χ4v) is 3.05. The van der Waals surface area contributed by atoms with E-state index in [1.807, 2.05) is 32.0 Å². The molecule has 6 heteroatoms. The number of hydrogen-bond acceptors (Lipinski definition) is 3. The maximum atomic E-state index is 12.8. The molecule has 0 bridgehead atoms. The first-order valence-electron chi connectivity index (χ1n) is 8.93. The van der Waals surface area contributed by atoms with Crippen molar-refractivity contribution in [2.24, 2.45) is 11.7 Å². The van der Waals surface area contributed by atoms with Gasteiger partial charge in [0.15, 0.2) is 0 Å². The third-order valence-corrected chi connectivity index (χ3v) is 4.80. The minimum atomic E-state index is -0.417. The molecule has 140 valence electrons. The van der Waals surface area contributed by atoms with Gasteiger partial charge in [-0.05, 0) is 36.9 Å². The van der Waals surface area contributed by atoms with Crippen LogP contribution in [0.15, 0.2) is 24.3 Å². The topological polar surface area (TPSA) is 75.4 Å². The van der Waals surface area contributed by atoms with E-state index in [0.29, 0.717) is 26.1 Å². The predicted octanol–water partition coefficient (Wildman–Crippen LogP) is 2.26. The van der Waals surface area contributed by atoms with Gasteiger partial charge in [-0.2, -0.15) is 0 Å². The van der Waals surface area contributed by atoms with Crippen LogP contribution in [0.5, 0.6) is 0 Å². The fourth-order valence-electron chi connectivity index (χ4n) is 3.05. The third-order valence-electron chi connectivity index (χ3n) is 4.80. The number of carbonyl (C=O) groups is 2. The summed E-state index contributed by atoms with van der Waals surface area (Å²) in [5.41, 5.74) is 7.79. The van der Waals surface area contributed by atoms with Crippen LogP contribution in [0.3, 0.4) is 0 Å². The van der Waals surface area contributed by atoms with Crippen molar-refractivity contribution in [3.63, 3.8) is 0 Å². The first-order valence-corrected chi connectivity index (χ1v) is 8.93. The van der Waals surface area contributed by atoms with Crippen molar-refractivity contribution in [3.8, 4) is 0 Å². The second-order valence-electron chi connectivity index (χ2n) is 6.55. The Morgan fingerprint density at radius 2 is 1.96 bits per heavy atom. The van der Waals surface area contributed by atoms with Crippen LogP contribution in [0.2, 0.25) is 0 Å². The van der Waals surface area contributed by atoms with E-state index >= 15 is 0 Å². The second-order valence-corrected chi connectivity index (χ2v) is 6.55. The lowest BCUT2D eigenvalue weighted by molar-refractivity contribution is -0.144. The lowest BCUT2D eigenvalue weighted by Crippen LogP contribution is -2.53. The Morgan fingerprint density at radius 1 is 1.28 bits per heavy atom. The van der Waals surface area contributed by atoms with Crippen molar-refractivity contribution in [1.82, 2.24) is 10.2 Å². The van der Waals surface area contributed by atoms with Gasteiger partial charge in [0.2, 0.25) is 11.8 Å². The summed E-state index contributed by atoms with van der Waals surface area (Å²) in [6, 6.07) is 7.65. The van der Waals surface area contributed by atoms with Gasteiger partial charge < -0.3 is 16.0 Å². The van der Waals surface area contributed by atoms with Gasteiger partial charge in [-0.3, -0.25) is 9.59 Å². The number of halogens is 1. The van der Waals surface area contributed by atoms with E-state index in [-0.39, 0.29) is 30.1 Å². The number of nitrogens with two attached hydrogens (primary N) is 1. The smallest absolute Gasteiger partial charge is 0.243 e. The Kier molecular flexibility index (Phi) is 8.93. The zero-order chi connectivity index (χ0) is 17.5. The van der Waals surface area contributed by atoms with Crippen LogP contribution in [0.4, 0.5) is 0 Å². The maximum absolute atomic E-state index is 12.8. The lowest BCUT2D eigenvalue weighted by atomic mass is 9.92. The number of benzene rings is 1. The van der Waals surface area contributed by atoms with Crippen molar-refractivity contribution in [3.05, 3.63) is 35.4 Å². The molecule has 0 radical (unpaired) electrons. The number of nitrogens with zero attached hydrogens (tertiary/aromatic N) is 1. The van der Waals surface area contributed by atoms with Gasteiger partial charge in [0.25, 0.3) is 0 Å². The highest BCUT2D eigenvalue weighted by Gasteiger charge is 2.35. The SMILES string of the molecule is CCC(C)C(=O)N1Cc2ccccc2CC1C(=O)NCCCCN.Cl. The highest BCUT2D eigenvalue weighted by molar-refractivity contribution is 5.89.